The number of anilines is 1. The van der Waals surface area contributed by atoms with Gasteiger partial charge in [-0.2, -0.15) is 0 Å². The number of aryl methyl sites for hydroxylation is 1. The Hall–Kier alpha value is -1.82. The number of carbonyl (C=O) groups excluding carboxylic acids is 1. The molecular weight excluding hydrogens is 275 g/mol. The third kappa shape index (κ3) is 6.44. The second-order valence-corrected chi connectivity index (χ2v) is 5.78. The molecule has 1 aromatic carbocycles. The van der Waals surface area contributed by atoms with Gasteiger partial charge in [-0.15, -0.1) is 0 Å². The van der Waals surface area contributed by atoms with E-state index in [1.807, 2.05) is 0 Å². The van der Waals surface area contributed by atoms with Gasteiger partial charge in [0.25, 0.3) is 0 Å². The van der Waals surface area contributed by atoms with Crippen LogP contribution in [0.3, 0.4) is 0 Å². The van der Waals surface area contributed by atoms with Crippen molar-refractivity contribution in [2.24, 2.45) is 0 Å². The van der Waals surface area contributed by atoms with Crippen LogP contribution >= 0.6 is 0 Å². The minimum absolute atomic E-state index is 0.193. The molecule has 1 rings (SSSR count). The molecule has 0 radical (unpaired) electrons. The predicted molar refractivity (Wildman–Crippen MR) is 79.4 cm³/mol. The number of benzene rings is 1. The van der Waals surface area contributed by atoms with E-state index < -0.39 is 11.7 Å². The summed E-state index contributed by atoms with van der Waals surface area (Å²) >= 11 is 0. The van der Waals surface area contributed by atoms with Crippen LogP contribution in [0.1, 0.15) is 31.9 Å². The maximum absolute atomic E-state index is 13.4. The maximum Gasteiger partial charge on any atom is 0.407 e. The summed E-state index contributed by atoms with van der Waals surface area (Å²) in [6.07, 6.45) is -0.494. The molecule has 118 valence electrons. The molecule has 0 fully saturated rings. The fraction of sp³-hybridized carbons (Fsp3) is 0.533. The van der Waals surface area contributed by atoms with E-state index in [0.29, 0.717) is 23.4 Å². The van der Waals surface area contributed by atoms with E-state index >= 15 is 0 Å². The molecule has 21 heavy (non-hydrogen) atoms. The molecule has 0 heterocycles. The highest BCUT2D eigenvalue weighted by Crippen LogP contribution is 2.18. The van der Waals surface area contributed by atoms with Crippen molar-refractivity contribution in [3.63, 3.8) is 0 Å². The number of halogens is 1. The number of nitrogen functional groups attached to an aromatic ring is 1. The van der Waals surface area contributed by atoms with E-state index in [-0.39, 0.29) is 19.0 Å². The van der Waals surface area contributed by atoms with Gasteiger partial charge in [0.15, 0.2) is 0 Å². The standard InChI is InChI=1S/C15H23FN2O3/c1-10-7-13(17)11(8-12(10)16)9-20-6-5-18-14(19)21-15(2,3)4/h7-8H,5-6,9,17H2,1-4H3,(H,18,19). The monoisotopic (exact) mass is 298 g/mol. The summed E-state index contributed by atoms with van der Waals surface area (Å²) in [5.74, 6) is -0.310. The number of ether oxygens (including phenoxy) is 2. The highest BCUT2D eigenvalue weighted by Gasteiger charge is 2.15. The van der Waals surface area contributed by atoms with E-state index in [2.05, 4.69) is 5.32 Å². The molecule has 0 aliphatic carbocycles. The number of hydrogen-bond acceptors (Lipinski definition) is 4. The summed E-state index contributed by atoms with van der Waals surface area (Å²) in [5, 5.41) is 2.57. The Balaban J connectivity index is 2.29. The van der Waals surface area contributed by atoms with Crippen molar-refractivity contribution in [3.8, 4) is 0 Å². The molecule has 3 N–H and O–H groups in total. The Morgan fingerprint density at radius 2 is 2.05 bits per heavy atom. The Morgan fingerprint density at radius 3 is 2.67 bits per heavy atom. The first kappa shape index (κ1) is 17.2. The number of rotatable bonds is 5. The number of nitrogens with one attached hydrogen (secondary N) is 1. The lowest BCUT2D eigenvalue weighted by Crippen LogP contribution is -2.34. The molecule has 0 unspecified atom stereocenters. The second-order valence-electron chi connectivity index (χ2n) is 5.78. The second kappa shape index (κ2) is 7.26. The van der Waals surface area contributed by atoms with E-state index in [0.717, 1.165) is 0 Å². The molecule has 0 atom stereocenters. The third-order valence-electron chi connectivity index (χ3n) is 2.59. The first-order chi connectivity index (χ1) is 9.69. The van der Waals surface area contributed by atoms with Crippen molar-refractivity contribution in [2.45, 2.75) is 39.9 Å². The molecule has 0 spiro atoms. The van der Waals surface area contributed by atoms with Gasteiger partial charge in [0.05, 0.1) is 13.2 Å². The van der Waals surface area contributed by atoms with Gasteiger partial charge in [-0.3, -0.25) is 0 Å². The van der Waals surface area contributed by atoms with E-state index in [1.54, 1.807) is 33.8 Å². The van der Waals surface area contributed by atoms with Gasteiger partial charge in [-0.25, -0.2) is 9.18 Å². The molecule has 0 saturated carbocycles. The summed E-state index contributed by atoms with van der Waals surface area (Å²) < 4.78 is 23.8. The molecule has 6 heteroatoms. The Bertz CT molecular complexity index is 498. The van der Waals surface area contributed by atoms with Crippen molar-refractivity contribution < 1.29 is 18.7 Å². The molecule has 5 nitrogen and oxygen atoms in total. The summed E-state index contributed by atoms with van der Waals surface area (Å²) in [6.45, 7) is 7.81. The predicted octanol–water partition coefficient (Wildman–Crippen LogP) is 2.76. The first-order valence-corrected chi connectivity index (χ1v) is 6.78. The van der Waals surface area contributed by atoms with E-state index in [1.165, 1.54) is 6.07 Å². The molecular formula is C15H23FN2O3. The SMILES string of the molecule is Cc1cc(N)c(COCCNC(=O)OC(C)(C)C)cc1F. The number of nitrogens with two attached hydrogens (primary N) is 1. The molecule has 0 aliphatic heterocycles. The summed E-state index contributed by atoms with van der Waals surface area (Å²) in [6, 6.07) is 2.94. The first-order valence-electron chi connectivity index (χ1n) is 6.78. The van der Waals surface area contributed by atoms with Crippen LogP contribution in [0.25, 0.3) is 0 Å². The van der Waals surface area contributed by atoms with Crippen LogP contribution in [0.4, 0.5) is 14.9 Å². The van der Waals surface area contributed by atoms with Crippen molar-refractivity contribution in [1.82, 2.24) is 5.32 Å². The molecule has 0 aliphatic rings. The minimum Gasteiger partial charge on any atom is -0.444 e. The third-order valence-corrected chi connectivity index (χ3v) is 2.59. The maximum atomic E-state index is 13.4. The van der Waals surface area contributed by atoms with E-state index in [9.17, 15) is 9.18 Å². The van der Waals surface area contributed by atoms with Crippen molar-refractivity contribution in [3.05, 3.63) is 29.1 Å². The van der Waals surface area contributed by atoms with Gasteiger partial charge >= 0.3 is 6.09 Å². The fourth-order valence-electron chi connectivity index (χ4n) is 1.59. The lowest BCUT2D eigenvalue weighted by molar-refractivity contribution is 0.0494. The van der Waals surface area contributed by atoms with Crippen LogP contribution in [0.5, 0.6) is 0 Å². The average Bonchev–Trinajstić information content (AvgIpc) is 2.32. The minimum atomic E-state index is -0.529. The Morgan fingerprint density at radius 1 is 1.38 bits per heavy atom. The quantitative estimate of drug-likeness (QED) is 0.647. The van der Waals surface area contributed by atoms with Gasteiger partial charge in [-0.1, -0.05) is 0 Å². The summed E-state index contributed by atoms with van der Waals surface area (Å²) in [5.41, 5.74) is 6.85. The fourth-order valence-corrected chi connectivity index (χ4v) is 1.59. The van der Waals surface area contributed by atoms with Gasteiger partial charge < -0.3 is 20.5 Å². The normalized spacial score (nSPS) is 11.3. The Kier molecular flexibility index (Phi) is 5.96. The summed E-state index contributed by atoms with van der Waals surface area (Å²) in [7, 11) is 0. The van der Waals surface area contributed by atoms with Gasteiger partial charge in [0.2, 0.25) is 0 Å². The zero-order valence-electron chi connectivity index (χ0n) is 13.0. The highest BCUT2D eigenvalue weighted by molar-refractivity contribution is 5.67. The number of carbonyl (C=O) groups is 1. The van der Waals surface area contributed by atoms with Gasteiger partial charge in [0, 0.05) is 17.8 Å². The number of hydrogen-bond donors (Lipinski definition) is 2. The van der Waals surface area contributed by atoms with Crippen LogP contribution in [0.15, 0.2) is 12.1 Å². The van der Waals surface area contributed by atoms with Gasteiger partial charge in [-0.05, 0) is 45.4 Å². The number of amides is 1. The van der Waals surface area contributed by atoms with Gasteiger partial charge in [0.1, 0.15) is 11.4 Å². The van der Waals surface area contributed by atoms with Crippen molar-refractivity contribution >= 4 is 11.8 Å². The average molecular weight is 298 g/mol. The van der Waals surface area contributed by atoms with Crippen LogP contribution < -0.4 is 11.1 Å². The van der Waals surface area contributed by atoms with Crippen molar-refractivity contribution in [2.75, 3.05) is 18.9 Å². The zero-order chi connectivity index (χ0) is 16.0. The number of alkyl carbamates (subject to hydrolysis) is 1. The lowest BCUT2D eigenvalue weighted by Gasteiger charge is -2.19. The van der Waals surface area contributed by atoms with Crippen molar-refractivity contribution in [1.29, 1.82) is 0 Å². The van der Waals surface area contributed by atoms with Crippen LogP contribution in [0.2, 0.25) is 0 Å². The van der Waals surface area contributed by atoms with Crippen LogP contribution in [-0.4, -0.2) is 24.8 Å². The molecule has 0 saturated heterocycles. The molecule has 1 amide bonds. The Labute approximate surface area is 124 Å². The molecule has 0 bridgehead atoms. The smallest absolute Gasteiger partial charge is 0.407 e. The molecule has 0 aromatic heterocycles. The zero-order valence-corrected chi connectivity index (χ0v) is 13.0. The van der Waals surface area contributed by atoms with Crippen LogP contribution in [0, 0.1) is 12.7 Å². The molecule has 1 aromatic rings. The highest BCUT2D eigenvalue weighted by atomic mass is 19.1. The summed E-state index contributed by atoms with van der Waals surface area (Å²) in [4.78, 5) is 11.4. The van der Waals surface area contributed by atoms with E-state index in [4.69, 9.17) is 15.2 Å². The topological polar surface area (TPSA) is 73.6 Å². The lowest BCUT2D eigenvalue weighted by atomic mass is 10.1. The largest absolute Gasteiger partial charge is 0.444 e. The van der Waals surface area contributed by atoms with Crippen LogP contribution in [-0.2, 0) is 16.1 Å².